The molecule has 0 radical (unpaired) electrons. The number of nitrogens with one attached hydrogen (secondary N) is 2. The number of benzene rings is 2. The lowest BCUT2D eigenvalue weighted by Gasteiger charge is -2.10. The lowest BCUT2D eigenvalue weighted by molar-refractivity contribution is 0.0978. The molecule has 0 saturated carbocycles. The summed E-state index contributed by atoms with van der Waals surface area (Å²) in [5.41, 5.74) is 6.47. The SMILES string of the molecule is O=C(NC(=S)Nc1cccc(C2=C=CC=C2)c1)c1ccc(Cl)cc1. The number of rotatable bonds is 3. The highest BCUT2D eigenvalue weighted by Gasteiger charge is 2.08. The Morgan fingerprint density at radius 3 is 2.62 bits per heavy atom. The van der Waals surface area contributed by atoms with E-state index in [1.54, 1.807) is 24.3 Å². The monoisotopic (exact) mass is 352 g/mol. The van der Waals surface area contributed by atoms with E-state index in [0.29, 0.717) is 10.6 Å². The average Bonchev–Trinajstić information content (AvgIpc) is 3.10. The minimum absolute atomic E-state index is 0.235. The van der Waals surface area contributed by atoms with Crippen LogP contribution in [0.4, 0.5) is 5.69 Å². The van der Waals surface area contributed by atoms with E-state index < -0.39 is 0 Å². The second-order valence-electron chi connectivity index (χ2n) is 5.08. The molecule has 0 unspecified atom stereocenters. The zero-order chi connectivity index (χ0) is 16.9. The lowest BCUT2D eigenvalue weighted by Crippen LogP contribution is -2.34. The summed E-state index contributed by atoms with van der Waals surface area (Å²) in [5.74, 6) is -0.287. The molecule has 0 atom stereocenters. The first-order valence-corrected chi connectivity index (χ1v) is 8.02. The first-order chi connectivity index (χ1) is 11.6. The molecule has 118 valence electrons. The second-order valence-corrected chi connectivity index (χ2v) is 5.92. The molecular formula is C19H13ClN2OS. The van der Waals surface area contributed by atoms with Gasteiger partial charge in [-0.2, -0.15) is 0 Å². The van der Waals surface area contributed by atoms with Gasteiger partial charge in [-0.3, -0.25) is 10.1 Å². The minimum atomic E-state index is -0.287. The van der Waals surface area contributed by atoms with E-state index in [-0.39, 0.29) is 11.0 Å². The number of hydrogen-bond donors (Lipinski definition) is 2. The summed E-state index contributed by atoms with van der Waals surface area (Å²) in [4.78, 5) is 12.1. The Morgan fingerprint density at radius 1 is 1.12 bits per heavy atom. The van der Waals surface area contributed by atoms with Crippen molar-refractivity contribution in [1.82, 2.24) is 5.32 Å². The van der Waals surface area contributed by atoms with E-state index >= 15 is 0 Å². The molecule has 0 aromatic heterocycles. The number of allylic oxidation sites excluding steroid dienone is 3. The van der Waals surface area contributed by atoms with E-state index in [1.165, 1.54) is 0 Å². The molecule has 0 saturated heterocycles. The van der Waals surface area contributed by atoms with Gasteiger partial charge in [-0.05, 0) is 66.3 Å². The quantitative estimate of drug-likeness (QED) is 0.627. The van der Waals surface area contributed by atoms with Crippen molar-refractivity contribution in [2.45, 2.75) is 0 Å². The third-order valence-electron chi connectivity index (χ3n) is 3.36. The van der Waals surface area contributed by atoms with Gasteiger partial charge in [0.05, 0.1) is 0 Å². The summed E-state index contributed by atoms with van der Waals surface area (Å²) in [6, 6.07) is 14.4. The Kier molecular flexibility index (Phi) is 4.92. The van der Waals surface area contributed by atoms with Crippen LogP contribution >= 0.6 is 23.8 Å². The van der Waals surface area contributed by atoms with Gasteiger partial charge in [0.1, 0.15) is 0 Å². The standard InChI is InChI=1S/C19H13ClN2OS/c20-16-10-8-14(9-11-16)18(23)22-19(24)21-17-7-3-6-15(12-17)13-4-1-2-5-13/h1-4,6-12H,(H2,21,22,23,24). The molecule has 0 heterocycles. The van der Waals surface area contributed by atoms with Crippen LogP contribution in [0, 0.1) is 0 Å². The third-order valence-corrected chi connectivity index (χ3v) is 3.82. The van der Waals surface area contributed by atoms with Crippen molar-refractivity contribution in [3.63, 3.8) is 0 Å². The number of carbonyl (C=O) groups excluding carboxylic acids is 1. The third kappa shape index (κ3) is 4.00. The largest absolute Gasteiger partial charge is 0.332 e. The molecule has 5 heteroatoms. The van der Waals surface area contributed by atoms with Crippen LogP contribution in [0.5, 0.6) is 0 Å². The average molecular weight is 353 g/mol. The molecular weight excluding hydrogens is 340 g/mol. The minimum Gasteiger partial charge on any atom is -0.332 e. The van der Waals surface area contributed by atoms with Crippen LogP contribution in [-0.2, 0) is 0 Å². The zero-order valence-corrected chi connectivity index (χ0v) is 14.1. The molecule has 1 aliphatic rings. The van der Waals surface area contributed by atoms with Gasteiger partial charge < -0.3 is 5.32 Å². The summed E-state index contributed by atoms with van der Waals surface area (Å²) in [5, 5.41) is 6.48. The van der Waals surface area contributed by atoms with Gasteiger partial charge in [0.25, 0.3) is 5.91 Å². The Morgan fingerprint density at radius 2 is 1.92 bits per heavy atom. The molecule has 0 spiro atoms. The van der Waals surface area contributed by atoms with Crippen LogP contribution in [0.25, 0.3) is 5.57 Å². The molecule has 2 aromatic rings. The molecule has 0 aliphatic heterocycles. The first-order valence-electron chi connectivity index (χ1n) is 7.23. The van der Waals surface area contributed by atoms with Crippen molar-refractivity contribution in [3.05, 3.63) is 88.6 Å². The summed E-state index contributed by atoms with van der Waals surface area (Å²) in [6.45, 7) is 0. The second kappa shape index (κ2) is 7.28. The molecule has 1 amide bonds. The highest BCUT2D eigenvalue weighted by atomic mass is 35.5. The van der Waals surface area contributed by atoms with Gasteiger partial charge in [0, 0.05) is 21.8 Å². The van der Waals surface area contributed by atoms with Crippen LogP contribution in [0.3, 0.4) is 0 Å². The van der Waals surface area contributed by atoms with E-state index in [9.17, 15) is 4.79 Å². The molecule has 2 N–H and O–H groups in total. The smallest absolute Gasteiger partial charge is 0.257 e. The Hall–Kier alpha value is -2.65. The molecule has 1 aliphatic carbocycles. The number of thiocarbonyl (C=S) groups is 1. The van der Waals surface area contributed by atoms with E-state index in [0.717, 1.165) is 16.8 Å². The van der Waals surface area contributed by atoms with E-state index in [1.807, 2.05) is 42.5 Å². The topological polar surface area (TPSA) is 41.1 Å². The Balaban J connectivity index is 1.65. The van der Waals surface area contributed by atoms with Crippen LogP contribution < -0.4 is 10.6 Å². The fraction of sp³-hybridized carbons (Fsp3) is 0. The maximum absolute atomic E-state index is 12.1. The zero-order valence-electron chi connectivity index (χ0n) is 12.5. The maximum atomic E-state index is 12.1. The highest BCUT2D eigenvalue weighted by molar-refractivity contribution is 7.80. The summed E-state index contributed by atoms with van der Waals surface area (Å²) in [6.07, 6.45) is 5.79. The van der Waals surface area contributed by atoms with Crippen molar-refractivity contribution in [1.29, 1.82) is 0 Å². The van der Waals surface area contributed by atoms with Crippen molar-refractivity contribution in [2.24, 2.45) is 0 Å². The van der Waals surface area contributed by atoms with Crippen LogP contribution in [-0.4, -0.2) is 11.0 Å². The van der Waals surface area contributed by atoms with Gasteiger partial charge >= 0.3 is 0 Å². The van der Waals surface area contributed by atoms with Crippen molar-refractivity contribution in [2.75, 3.05) is 5.32 Å². The molecule has 0 fully saturated rings. The van der Waals surface area contributed by atoms with Crippen molar-refractivity contribution >= 4 is 46.1 Å². The number of anilines is 1. The van der Waals surface area contributed by atoms with E-state index in [4.69, 9.17) is 23.8 Å². The fourth-order valence-corrected chi connectivity index (χ4v) is 2.55. The van der Waals surface area contributed by atoms with Crippen LogP contribution in [0.2, 0.25) is 5.02 Å². The van der Waals surface area contributed by atoms with Gasteiger partial charge in [-0.1, -0.05) is 29.8 Å². The van der Waals surface area contributed by atoms with Gasteiger partial charge in [0.2, 0.25) is 0 Å². The highest BCUT2D eigenvalue weighted by Crippen LogP contribution is 2.21. The fourth-order valence-electron chi connectivity index (χ4n) is 2.21. The van der Waals surface area contributed by atoms with Gasteiger partial charge in [0.15, 0.2) is 5.11 Å². The summed E-state index contributed by atoms with van der Waals surface area (Å²) >= 11 is 11.0. The van der Waals surface area contributed by atoms with E-state index in [2.05, 4.69) is 16.4 Å². The van der Waals surface area contributed by atoms with Crippen molar-refractivity contribution < 1.29 is 4.79 Å². The molecule has 2 aromatic carbocycles. The van der Waals surface area contributed by atoms with Crippen LogP contribution in [0.15, 0.2) is 72.5 Å². The number of amides is 1. The molecule has 0 bridgehead atoms. The number of hydrogen-bond acceptors (Lipinski definition) is 2. The molecule has 24 heavy (non-hydrogen) atoms. The molecule has 3 nitrogen and oxygen atoms in total. The lowest BCUT2D eigenvalue weighted by atomic mass is 10.1. The van der Waals surface area contributed by atoms with Crippen LogP contribution in [0.1, 0.15) is 15.9 Å². The van der Waals surface area contributed by atoms with Gasteiger partial charge in [-0.15, -0.1) is 5.73 Å². The first kappa shape index (κ1) is 16.2. The molecule has 3 rings (SSSR count). The Bertz CT molecular complexity index is 894. The van der Waals surface area contributed by atoms with Crippen molar-refractivity contribution in [3.8, 4) is 0 Å². The predicted molar refractivity (Wildman–Crippen MR) is 102 cm³/mol. The number of halogens is 1. The maximum Gasteiger partial charge on any atom is 0.257 e. The predicted octanol–water partition coefficient (Wildman–Crippen LogP) is 4.58. The normalized spacial score (nSPS) is 12.0. The Labute approximate surface area is 150 Å². The van der Waals surface area contributed by atoms with Gasteiger partial charge in [-0.25, -0.2) is 0 Å². The summed E-state index contributed by atoms with van der Waals surface area (Å²) in [7, 11) is 0. The number of carbonyl (C=O) groups is 1. The summed E-state index contributed by atoms with van der Waals surface area (Å²) < 4.78 is 0.